The van der Waals surface area contributed by atoms with Gasteiger partial charge in [0.15, 0.2) is 0 Å². The number of carbonyl (C=O) groups excluding carboxylic acids is 1. The van der Waals surface area contributed by atoms with E-state index >= 15 is 0 Å². The molecule has 0 radical (unpaired) electrons. The minimum atomic E-state index is -0.690. The van der Waals surface area contributed by atoms with Crippen LogP contribution < -0.4 is 5.32 Å². The second-order valence-corrected chi connectivity index (χ2v) is 5.38. The zero-order valence-corrected chi connectivity index (χ0v) is 11.8. The number of aryl methyl sites for hydroxylation is 2. The summed E-state index contributed by atoms with van der Waals surface area (Å²) in [5.74, 6) is -0.174. The highest BCUT2D eigenvalue weighted by atomic mass is 16.1. The highest BCUT2D eigenvalue weighted by molar-refractivity contribution is 5.97. The van der Waals surface area contributed by atoms with E-state index in [1.807, 2.05) is 20.9 Å². The third-order valence-electron chi connectivity index (χ3n) is 4.01. The Hall–Kier alpha value is -1.83. The van der Waals surface area contributed by atoms with Gasteiger partial charge in [0.2, 0.25) is 0 Å². The van der Waals surface area contributed by atoms with Gasteiger partial charge in [-0.05, 0) is 26.7 Å². The molecule has 0 spiro atoms. The Morgan fingerprint density at radius 1 is 1.37 bits per heavy atom. The summed E-state index contributed by atoms with van der Waals surface area (Å²) < 4.78 is 1.70. The Kier molecular flexibility index (Phi) is 3.61. The number of nitriles is 1. The van der Waals surface area contributed by atoms with Crippen LogP contribution in [-0.2, 0) is 7.05 Å². The third kappa shape index (κ3) is 2.48. The number of hydrogen-bond acceptors (Lipinski definition) is 3. The Morgan fingerprint density at radius 2 is 2.00 bits per heavy atom. The smallest absolute Gasteiger partial charge is 0.256 e. The van der Waals surface area contributed by atoms with E-state index in [1.54, 1.807) is 4.68 Å². The molecule has 5 nitrogen and oxygen atoms in total. The summed E-state index contributed by atoms with van der Waals surface area (Å²) in [6, 6.07) is 2.30. The SMILES string of the molecule is Cc1nn(C)c(C)c1C(=O)NC1(C#N)CCCCC1. The molecule has 0 saturated heterocycles. The monoisotopic (exact) mass is 260 g/mol. The average molecular weight is 260 g/mol. The fourth-order valence-electron chi connectivity index (χ4n) is 2.80. The molecule has 1 saturated carbocycles. The molecule has 1 aliphatic carbocycles. The molecule has 5 heteroatoms. The lowest BCUT2D eigenvalue weighted by atomic mass is 9.82. The van der Waals surface area contributed by atoms with Crippen molar-refractivity contribution in [3.05, 3.63) is 17.0 Å². The first-order valence-corrected chi connectivity index (χ1v) is 6.73. The van der Waals surface area contributed by atoms with Crippen LogP contribution >= 0.6 is 0 Å². The van der Waals surface area contributed by atoms with Crippen LogP contribution in [0.3, 0.4) is 0 Å². The van der Waals surface area contributed by atoms with Gasteiger partial charge in [-0.2, -0.15) is 10.4 Å². The Labute approximate surface area is 113 Å². The highest BCUT2D eigenvalue weighted by Gasteiger charge is 2.34. The largest absolute Gasteiger partial charge is 0.334 e. The molecule has 0 aliphatic heterocycles. The molecule has 0 bridgehead atoms. The molecule has 1 heterocycles. The molecule has 1 aromatic heterocycles. The van der Waals surface area contributed by atoms with Crippen LogP contribution in [0.5, 0.6) is 0 Å². The number of hydrogen-bond donors (Lipinski definition) is 1. The van der Waals surface area contributed by atoms with Crippen molar-refractivity contribution in [1.29, 1.82) is 5.26 Å². The van der Waals surface area contributed by atoms with Crippen molar-refractivity contribution in [3.8, 4) is 6.07 Å². The third-order valence-corrected chi connectivity index (χ3v) is 4.01. The zero-order chi connectivity index (χ0) is 14.0. The van der Waals surface area contributed by atoms with Gasteiger partial charge in [-0.3, -0.25) is 9.48 Å². The maximum absolute atomic E-state index is 12.4. The summed E-state index contributed by atoms with van der Waals surface area (Å²) in [5, 5.41) is 16.6. The first-order valence-electron chi connectivity index (χ1n) is 6.73. The van der Waals surface area contributed by atoms with Gasteiger partial charge in [-0.1, -0.05) is 19.3 Å². The predicted octanol–water partition coefficient (Wildman–Crippen LogP) is 1.99. The molecule has 1 N–H and O–H groups in total. The van der Waals surface area contributed by atoms with Crippen molar-refractivity contribution < 1.29 is 4.79 Å². The molecule has 19 heavy (non-hydrogen) atoms. The van der Waals surface area contributed by atoms with Gasteiger partial charge >= 0.3 is 0 Å². The standard InChI is InChI=1S/C14H20N4O/c1-10-12(11(2)18(3)17-10)13(19)16-14(9-15)7-5-4-6-8-14/h4-8H2,1-3H3,(H,16,19). The van der Waals surface area contributed by atoms with E-state index in [0.717, 1.165) is 37.8 Å². The molecular formula is C14H20N4O. The van der Waals surface area contributed by atoms with Crippen molar-refractivity contribution in [2.45, 2.75) is 51.5 Å². The molecule has 0 unspecified atom stereocenters. The molecule has 0 atom stereocenters. The number of aromatic nitrogens is 2. The van der Waals surface area contributed by atoms with Gasteiger partial charge in [0.05, 0.1) is 17.3 Å². The van der Waals surface area contributed by atoms with Gasteiger partial charge in [-0.25, -0.2) is 0 Å². The van der Waals surface area contributed by atoms with Crippen LogP contribution in [0.2, 0.25) is 0 Å². The molecule has 0 aromatic carbocycles. The Bertz CT molecular complexity index is 532. The lowest BCUT2D eigenvalue weighted by Crippen LogP contribution is -2.48. The van der Waals surface area contributed by atoms with Gasteiger partial charge in [0, 0.05) is 12.7 Å². The maximum atomic E-state index is 12.4. The first-order chi connectivity index (χ1) is 8.99. The van der Waals surface area contributed by atoms with E-state index in [9.17, 15) is 10.1 Å². The maximum Gasteiger partial charge on any atom is 0.256 e. The molecule has 1 amide bonds. The molecule has 2 rings (SSSR count). The summed E-state index contributed by atoms with van der Waals surface area (Å²) in [4.78, 5) is 12.4. The quantitative estimate of drug-likeness (QED) is 0.884. The van der Waals surface area contributed by atoms with Gasteiger partial charge in [0.25, 0.3) is 5.91 Å². The fourth-order valence-corrected chi connectivity index (χ4v) is 2.80. The molecular weight excluding hydrogens is 240 g/mol. The fraction of sp³-hybridized carbons (Fsp3) is 0.643. The van der Waals surface area contributed by atoms with E-state index in [4.69, 9.17) is 0 Å². The van der Waals surface area contributed by atoms with Gasteiger partial charge in [-0.15, -0.1) is 0 Å². The number of carbonyl (C=O) groups is 1. The summed E-state index contributed by atoms with van der Waals surface area (Å²) in [6.07, 6.45) is 4.63. The topological polar surface area (TPSA) is 70.7 Å². The average Bonchev–Trinajstić information content (AvgIpc) is 2.64. The van der Waals surface area contributed by atoms with Crippen molar-refractivity contribution in [2.24, 2.45) is 7.05 Å². The summed E-state index contributed by atoms with van der Waals surface area (Å²) >= 11 is 0. The van der Waals surface area contributed by atoms with Crippen molar-refractivity contribution in [2.75, 3.05) is 0 Å². The molecule has 102 valence electrons. The van der Waals surface area contributed by atoms with Crippen molar-refractivity contribution in [3.63, 3.8) is 0 Å². The van der Waals surface area contributed by atoms with E-state index < -0.39 is 5.54 Å². The van der Waals surface area contributed by atoms with E-state index in [1.165, 1.54) is 0 Å². The van der Waals surface area contributed by atoms with E-state index in [-0.39, 0.29) is 5.91 Å². The number of nitrogens with one attached hydrogen (secondary N) is 1. The van der Waals surface area contributed by atoms with Crippen LogP contribution in [0.15, 0.2) is 0 Å². The van der Waals surface area contributed by atoms with Crippen LogP contribution in [0.1, 0.15) is 53.8 Å². The minimum absolute atomic E-state index is 0.174. The van der Waals surface area contributed by atoms with Crippen LogP contribution in [0.25, 0.3) is 0 Å². The van der Waals surface area contributed by atoms with Crippen LogP contribution in [0.4, 0.5) is 0 Å². The zero-order valence-electron chi connectivity index (χ0n) is 11.8. The Morgan fingerprint density at radius 3 is 2.47 bits per heavy atom. The first kappa shape index (κ1) is 13.6. The second kappa shape index (κ2) is 5.04. The number of nitrogens with zero attached hydrogens (tertiary/aromatic N) is 3. The van der Waals surface area contributed by atoms with Gasteiger partial charge < -0.3 is 5.32 Å². The minimum Gasteiger partial charge on any atom is -0.334 e. The molecule has 1 fully saturated rings. The number of amides is 1. The van der Waals surface area contributed by atoms with Crippen molar-refractivity contribution in [1.82, 2.24) is 15.1 Å². The van der Waals surface area contributed by atoms with Gasteiger partial charge in [0.1, 0.15) is 5.54 Å². The van der Waals surface area contributed by atoms with Crippen LogP contribution in [0, 0.1) is 25.2 Å². The van der Waals surface area contributed by atoms with Crippen molar-refractivity contribution >= 4 is 5.91 Å². The Balaban J connectivity index is 2.23. The predicted molar refractivity (Wildman–Crippen MR) is 71.6 cm³/mol. The molecule has 1 aromatic rings. The van der Waals surface area contributed by atoms with Crippen LogP contribution in [-0.4, -0.2) is 21.2 Å². The summed E-state index contributed by atoms with van der Waals surface area (Å²) in [6.45, 7) is 3.69. The number of rotatable bonds is 2. The summed E-state index contributed by atoms with van der Waals surface area (Å²) in [7, 11) is 1.82. The second-order valence-electron chi connectivity index (χ2n) is 5.38. The molecule has 1 aliphatic rings. The normalized spacial score (nSPS) is 17.8. The van der Waals surface area contributed by atoms with E-state index in [0.29, 0.717) is 11.3 Å². The lowest BCUT2D eigenvalue weighted by Gasteiger charge is -2.31. The van der Waals surface area contributed by atoms with E-state index in [2.05, 4.69) is 16.5 Å². The summed E-state index contributed by atoms with van der Waals surface area (Å²) in [5.41, 5.74) is 1.45. The highest BCUT2D eigenvalue weighted by Crippen LogP contribution is 2.28. The lowest BCUT2D eigenvalue weighted by molar-refractivity contribution is 0.0901.